The van der Waals surface area contributed by atoms with E-state index in [1.54, 1.807) is 30.3 Å². The maximum atomic E-state index is 12.3. The van der Waals surface area contributed by atoms with E-state index in [2.05, 4.69) is 10.6 Å². The van der Waals surface area contributed by atoms with Crippen LogP contribution in [0.1, 0.15) is 10.4 Å². The lowest BCUT2D eigenvalue weighted by Crippen LogP contribution is -2.34. The van der Waals surface area contributed by atoms with Crippen LogP contribution in [0.15, 0.2) is 78.9 Å². The molecule has 8 nitrogen and oxygen atoms in total. The number of nitro groups is 1. The Bertz CT molecular complexity index is 1060. The summed E-state index contributed by atoms with van der Waals surface area (Å²) in [5.74, 6) is 0.959. The Morgan fingerprint density at radius 2 is 1.55 bits per heavy atom. The number of nitro benzene ring substituents is 1. The molecule has 0 aliphatic carbocycles. The first kappa shape index (κ1) is 21.7. The van der Waals surface area contributed by atoms with Crippen LogP contribution in [0.5, 0.6) is 11.5 Å². The molecule has 0 aromatic heterocycles. The molecule has 3 rings (SSSR count). The van der Waals surface area contributed by atoms with Crippen molar-refractivity contribution in [2.45, 2.75) is 0 Å². The van der Waals surface area contributed by atoms with E-state index in [0.29, 0.717) is 30.2 Å². The minimum absolute atomic E-state index is 0.0314. The van der Waals surface area contributed by atoms with E-state index in [4.69, 9.17) is 21.7 Å². The van der Waals surface area contributed by atoms with Crippen molar-refractivity contribution in [1.29, 1.82) is 0 Å². The number of carbonyl (C=O) groups is 1. The summed E-state index contributed by atoms with van der Waals surface area (Å²) in [5.41, 5.74) is 0.709. The summed E-state index contributed by atoms with van der Waals surface area (Å²) in [5, 5.41) is 16.2. The summed E-state index contributed by atoms with van der Waals surface area (Å²) in [7, 11) is 0. The van der Waals surface area contributed by atoms with Gasteiger partial charge in [0.15, 0.2) is 5.11 Å². The van der Waals surface area contributed by atoms with Crippen LogP contribution in [0.2, 0.25) is 0 Å². The van der Waals surface area contributed by atoms with Crippen LogP contribution in [0, 0.1) is 10.1 Å². The molecule has 0 saturated carbocycles. The fourth-order valence-corrected chi connectivity index (χ4v) is 2.78. The molecule has 2 N–H and O–H groups in total. The fraction of sp³-hybridized carbons (Fsp3) is 0.0909. The van der Waals surface area contributed by atoms with Gasteiger partial charge >= 0.3 is 0 Å². The summed E-state index contributed by atoms with van der Waals surface area (Å²) in [6, 6.07) is 21.8. The first-order valence-electron chi connectivity index (χ1n) is 9.29. The summed E-state index contributed by atoms with van der Waals surface area (Å²) < 4.78 is 11.2. The van der Waals surface area contributed by atoms with Gasteiger partial charge in [-0.2, -0.15) is 0 Å². The van der Waals surface area contributed by atoms with E-state index in [-0.39, 0.29) is 10.8 Å². The fourth-order valence-electron chi connectivity index (χ4n) is 2.57. The Kier molecular flexibility index (Phi) is 7.50. The number of hydrogen-bond donors (Lipinski definition) is 2. The molecule has 0 fully saturated rings. The molecule has 0 saturated heterocycles. The van der Waals surface area contributed by atoms with E-state index in [1.807, 2.05) is 30.3 Å². The third-order valence-corrected chi connectivity index (χ3v) is 4.23. The molecule has 0 spiro atoms. The molecule has 0 aliphatic rings. The van der Waals surface area contributed by atoms with Crippen LogP contribution in [0.25, 0.3) is 0 Å². The zero-order valence-electron chi connectivity index (χ0n) is 16.3. The van der Waals surface area contributed by atoms with E-state index < -0.39 is 10.8 Å². The van der Waals surface area contributed by atoms with Crippen molar-refractivity contribution in [1.82, 2.24) is 5.32 Å². The largest absolute Gasteiger partial charge is 0.490 e. The van der Waals surface area contributed by atoms with Crippen LogP contribution < -0.4 is 20.1 Å². The van der Waals surface area contributed by atoms with Crippen molar-refractivity contribution >= 4 is 34.6 Å². The second-order valence-corrected chi connectivity index (χ2v) is 6.66. The topological polar surface area (TPSA) is 103 Å². The number of nitrogens with zero attached hydrogens (tertiary/aromatic N) is 1. The minimum atomic E-state index is -0.510. The highest BCUT2D eigenvalue weighted by Gasteiger charge is 2.10. The Balaban J connectivity index is 1.45. The average molecular weight is 437 g/mol. The van der Waals surface area contributed by atoms with Crippen LogP contribution in [-0.2, 0) is 0 Å². The molecule has 0 radical (unpaired) electrons. The Morgan fingerprint density at radius 1 is 0.903 bits per heavy atom. The smallest absolute Gasteiger partial charge is 0.271 e. The Hall–Kier alpha value is -3.98. The van der Waals surface area contributed by atoms with Gasteiger partial charge in [-0.3, -0.25) is 20.2 Å². The number of nitrogens with one attached hydrogen (secondary N) is 2. The number of ether oxygens (including phenoxy) is 2. The van der Waals surface area contributed by atoms with Gasteiger partial charge in [0.05, 0.1) is 4.92 Å². The van der Waals surface area contributed by atoms with Gasteiger partial charge < -0.3 is 14.8 Å². The van der Waals surface area contributed by atoms with Crippen LogP contribution in [0.3, 0.4) is 0 Å². The normalized spacial score (nSPS) is 10.1. The molecule has 31 heavy (non-hydrogen) atoms. The lowest BCUT2D eigenvalue weighted by Gasteiger charge is -2.11. The number of anilines is 1. The van der Waals surface area contributed by atoms with E-state index in [0.717, 1.165) is 5.75 Å². The van der Waals surface area contributed by atoms with Gasteiger partial charge in [0, 0.05) is 23.4 Å². The monoisotopic (exact) mass is 437 g/mol. The second-order valence-electron chi connectivity index (χ2n) is 6.25. The van der Waals surface area contributed by atoms with E-state index in [1.165, 1.54) is 18.2 Å². The van der Waals surface area contributed by atoms with Crippen molar-refractivity contribution in [2.75, 3.05) is 18.5 Å². The number of para-hydroxylation sites is 1. The molecule has 9 heteroatoms. The van der Waals surface area contributed by atoms with Gasteiger partial charge in [-0.1, -0.05) is 24.3 Å². The van der Waals surface area contributed by atoms with Crippen molar-refractivity contribution in [3.05, 3.63) is 94.5 Å². The molecule has 0 aliphatic heterocycles. The number of non-ortho nitro benzene ring substituents is 1. The summed E-state index contributed by atoms with van der Waals surface area (Å²) >= 11 is 5.11. The number of benzene rings is 3. The lowest BCUT2D eigenvalue weighted by molar-refractivity contribution is -0.384. The van der Waals surface area contributed by atoms with Crippen molar-refractivity contribution in [3.63, 3.8) is 0 Å². The zero-order valence-corrected chi connectivity index (χ0v) is 17.1. The van der Waals surface area contributed by atoms with E-state index in [9.17, 15) is 14.9 Å². The lowest BCUT2D eigenvalue weighted by atomic mass is 10.2. The zero-order chi connectivity index (χ0) is 22.1. The second kappa shape index (κ2) is 10.7. The maximum absolute atomic E-state index is 12.3. The number of rotatable bonds is 8. The molecule has 0 atom stereocenters. The molecule has 1 amide bonds. The molecule has 0 heterocycles. The first-order valence-corrected chi connectivity index (χ1v) is 9.69. The van der Waals surface area contributed by atoms with Gasteiger partial charge in [0.1, 0.15) is 24.7 Å². The summed E-state index contributed by atoms with van der Waals surface area (Å²) in [4.78, 5) is 22.7. The quantitative estimate of drug-likeness (QED) is 0.236. The van der Waals surface area contributed by atoms with E-state index >= 15 is 0 Å². The van der Waals surface area contributed by atoms with Crippen LogP contribution in [0.4, 0.5) is 11.4 Å². The number of hydrogen-bond acceptors (Lipinski definition) is 6. The number of carbonyl (C=O) groups excluding carboxylic acids is 1. The predicted octanol–water partition coefficient (Wildman–Crippen LogP) is 4.18. The molecule has 158 valence electrons. The Labute approximate surface area is 184 Å². The Morgan fingerprint density at radius 3 is 2.19 bits per heavy atom. The third kappa shape index (κ3) is 6.79. The molecule has 0 unspecified atom stereocenters. The van der Waals surface area contributed by atoms with Crippen LogP contribution >= 0.6 is 12.2 Å². The number of amides is 1. The average Bonchev–Trinajstić information content (AvgIpc) is 2.78. The van der Waals surface area contributed by atoms with Crippen molar-refractivity contribution in [2.24, 2.45) is 0 Å². The van der Waals surface area contributed by atoms with Gasteiger partial charge in [-0.15, -0.1) is 0 Å². The SMILES string of the molecule is O=C(NC(=S)Nc1cccc([N+](=O)[O-])c1)c1ccc(OCCOc2ccccc2)cc1. The van der Waals surface area contributed by atoms with Crippen molar-refractivity contribution in [3.8, 4) is 11.5 Å². The van der Waals surface area contributed by atoms with Gasteiger partial charge in [0.25, 0.3) is 11.6 Å². The molecule has 3 aromatic carbocycles. The third-order valence-electron chi connectivity index (χ3n) is 4.02. The maximum Gasteiger partial charge on any atom is 0.271 e. The minimum Gasteiger partial charge on any atom is -0.490 e. The van der Waals surface area contributed by atoms with Gasteiger partial charge in [0.2, 0.25) is 0 Å². The molecular formula is C22H19N3O5S. The summed E-state index contributed by atoms with van der Waals surface area (Å²) in [6.07, 6.45) is 0. The first-order chi connectivity index (χ1) is 15.0. The highest BCUT2D eigenvalue weighted by molar-refractivity contribution is 7.80. The highest BCUT2D eigenvalue weighted by atomic mass is 32.1. The number of thiocarbonyl (C=S) groups is 1. The predicted molar refractivity (Wildman–Crippen MR) is 121 cm³/mol. The highest BCUT2D eigenvalue weighted by Crippen LogP contribution is 2.17. The van der Waals surface area contributed by atoms with Gasteiger partial charge in [-0.05, 0) is 54.7 Å². The summed E-state index contributed by atoms with van der Waals surface area (Å²) in [6.45, 7) is 0.751. The standard InChI is InChI=1S/C22H19N3O5S/c26-21(24-22(31)23-17-5-4-6-18(15-17)25(27)28)16-9-11-20(12-10-16)30-14-13-29-19-7-2-1-3-8-19/h1-12,15H,13-14H2,(H2,23,24,26,31). The molecule has 0 bridgehead atoms. The molecular weight excluding hydrogens is 418 g/mol. The van der Waals surface area contributed by atoms with Crippen molar-refractivity contribution < 1.29 is 19.2 Å². The van der Waals surface area contributed by atoms with Crippen LogP contribution in [-0.4, -0.2) is 29.2 Å². The van der Waals surface area contributed by atoms with Gasteiger partial charge in [-0.25, -0.2) is 0 Å². The molecule has 3 aromatic rings.